The molecule has 0 aromatic heterocycles. The van der Waals surface area contributed by atoms with E-state index in [1.54, 1.807) is 6.07 Å². The molecule has 7 heteroatoms. The SMILES string of the molecule is C[C@H](O)CNS(=O)(=O)c1cccc(C(=O)Nc2cccc3c2CCC3)c1. The normalized spacial score (nSPS) is 14.7. The summed E-state index contributed by atoms with van der Waals surface area (Å²) in [7, 11) is -3.78. The van der Waals surface area contributed by atoms with E-state index in [2.05, 4.69) is 16.1 Å². The van der Waals surface area contributed by atoms with Crippen LogP contribution in [0.5, 0.6) is 0 Å². The molecule has 6 nitrogen and oxygen atoms in total. The van der Waals surface area contributed by atoms with Crippen LogP contribution >= 0.6 is 0 Å². The van der Waals surface area contributed by atoms with Crippen molar-refractivity contribution in [1.82, 2.24) is 4.72 Å². The van der Waals surface area contributed by atoms with E-state index in [0.717, 1.165) is 30.5 Å². The molecule has 0 saturated carbocycles. The lowest BCUT2D eigenvalue weighted by Crippen LogP contribution is -2.30. The van der Waals surface area contributed by atoms with Gasteiger partial charge in [0.15, 0.2) is 0 Å². The maximum absolute atomic E-state index is 12.6. The second-order valence-electron chi connectivity index (χ2n) is 6.48. The molecule has 1 amide bonds. The number of hydrogen-bond acceptors (Lipinski definition) is 4. The molecule has 0 fully saturated rings. The van der Waals surface area contributed by atoms with Gasteiger partial charge < -0.3 is 10.4 Å². The van der Waals surface area contributed by atoms with E-state index >= 15 is 0 Å². The molecule has 1 aliphatic rings. The van der Waals surface area contributed by atoms with E-state index in [1.165, 1.54) is 30.7 Å². The van der Waals surface area contributed by atoms with Gasteiger partial charge in [-0.15, -0.1) is 0 Å². The molecule has 0 heterocycles. The highest BCUT2D eigenvalue weighted by Gasteiger charge is 2.19. The minimum absolute atomic E-state index is 0.0101. The molecule has 0 unspecified atom stereocenters. The largest absolute Gasteiger partial charge is 0.392 e. The Hall–Kier alpha value is -2.22. The van der Waals surface area contributed by atoms with Crippen molar-refractivity contribution in [1.29, 1.82) is 0 Å². The van der Waals surface area contributed by atoms with Crippen LogP contribution < -0.4 is 10.0 Å². The van der Waals surface area contributed by atoms with Crippen LogP contribution in [0, 0.1) is 0 Å². The molecular weight excluding hydrogens is 352 g/mol. The number of rotatable bonds is 6. The van der Waals surface area contributed by atoms with Gasteiger partial charge >= 0.3 is 0 Å². The first-order valence-electron chi connectivity index (χ1n) is 8.57. The second kappa shape index (κ2) is 7.57. The van der Waals surface area contributed by atoms with Gasteiger partial charge in [-0.25, -0.2) is 13.1 Å². The predicted molar refractivity (Wildman–Crippen MR) is 99.7 cm³/mol. The van der Waals surface area contributed by atoms with Crippen molar-refractivity contribution in [2.24, 2.45) is 0 Å². The highest BCUT2D eigenvalue weighted by Crippen LogP contribution is 2.29. The number of fused-ring (bicyclic) bond motifs is 1. The van der Waals surface area contributed by atoms with Crippen LogP contribution in [0.25, 0.3) is 0 Å². The summed E-state index contributed by atoms with van der Waals surface area (Å²) in [4.78, 5) is 12.6. The molecule has 1 atom stereocenters. The summed E-state index contributed by atoms with van der Waals surface area (Å²) in [5, 5.41) is 12.1. The molecule has 138 valence electrons. The highest BCUT2D eigenvalue weighted by molar-refractivity contribution is 7.89. The van der Waals surface area contributed by atoms with Crippen LogP contribution in [-0.4, -0.2) is 32.1 Å². The van der Waals surface area contributed by atoms with Crippen molar-refractivity contribution in [2.45, 2.75) is 37.2 Å². The minimum atomic E-state index is -3.78. The third-order valence-corrected chi connectivity index (χ3v) is 5.79. The Morgan fingerprint density at radius 2 is 1.96 bits per heavy atom. The lowest BCUT2D eigenvalue weighted by atomic mass is 10.1. The van der Waals surface area contributed by atoms with Crippen molar-refractivity contribution in [3.63, 3.8) is 0 Å². The predicted octanol–water partition coefficient (Wildman–Crippen LogP) is 2.09. The fraction of sp³-hybridized carbons (Fsp3) is 0.316. The zero-order valence-corrected chi connectivity index (χ0v) is 15.3. The van der Waals surface area contributed by atoms with Crippen LogP contribution in [-0.2, 0) is 22.9 Å². The summed E-state index contributed by atoms with van der Waals surface area (Å²) in [5.41, 5.74) is 3.45. The van der Waals surface area contributed by atoms with E-state index in [0.29, 0.717) is 0 Å². The molecular formula is C19H22N2O4S. The Kier molecular flexibility index (Phi) is 5.41. The van der Waals surface area contributed by atoms with Crippen LogP contribution in [0.3, 0.4) is 0 Å². The standard InChI is InChI=1S/C19H22N2O4S/c1-13(22)12-20-26(24,25)16-8-2-7-15(11-16)19(23)21-18-10-4-6-14-5-3-9-17(14)18/h2,4,6-8,10-11,13,20,22H,3,5,9,12H2,1H3,(H,21,23)/t13-/m0/s1. The number of sulfonamides is 1. The highest BCUT2D eigenvalue weighted by atomic mass is 32.2. The first kappa shape index (κ1) is 18.6. The van der Waals surface area contributed by atoms with Gasteiger partial charge in [-0.2, -0.15) is 0 Å². The monoisotopic (exact) mass is 374 g/mol. The Balaban J connectivity index is 1.80. The Morgan fingerprint density at radius 3 is 2.73 bits per heavy atom. The topological polar surface area (TPSA) is 95.5 Å². The van der Waals surface area contributed by atoms with E-state index < -0.39 is 16.1 Å². The maximum atomic E-state index is 12.6. The van der Waals surface area contributed by atoms with E-state index in [1.807, 2.05) is 12.1 Å². The molecule has 1 aliphatic carbocycles. The molecule has 26 heavy (non-hydrogen) atoms. The van der Waals surface area contributed by atoms with Crippen molar-refractivity contribution < 1.29 is 18.3 Å². The van der Waals surface area contributed by atoms with Crippen LogP contribution in [0.15, 0.2) is 47.4 Å². The fourth-order valence-corrected chi connectivity index (χ4v) is 4.22. The molecule has 0 radical (unpaired) electrons. The quantitative estimate of drug-likeness (QED) is 0.721. The number of aryl methyl sites for hydroxylation is 1. The van der Waals surface area contributed by atoms with Crippen LogP contribution in [0.4, 0.5) is 5.69 Å². The van der Waals surface area contributed by atoms with Gasteiger partial charge in [-0.3, -0.25) is 4.79 Å². The average Bonchev–Trinajstić information content (AvgIpc) is 3.10. The summed E-state index contributed by atoms with van der Waals surface area (Å²) in [6, 6.07) is 11.7. The third kappa shape index (κ3) is 4.12. The summed E-state index contributed by atoms with van der Waals surface area (Å²) in [5.74, 6) is -0.349. The summed E-state index contributed by atoms with van der Waals surface area (Å²) < 4.78 is 26.9. The number of nitrogens with one attached hydrogen (secondary N) is 2. The number of aliphatic hydroxyl groups is 1. The van der Waals surface area contributed by atoms with Gasteiger partial charge in [0.25, 0.3) is 5.91 Å². The number of carbonyl (C=O) groups excluding carboxylic acids is 1. The number of anilines is 1. The zero-order chi connectivity index (χ0) is 18.7. The fourth-order valence-electron chi connectivity index (χ4n) is 3.05. The van der Waals surface area contributed by atoms with Gasteiger partial charge in [0.05, 0.1) is 11.0 Å². The molecule has 3 rings (SSSR count). The van der Waals surface area contributed by atoms with Gasteiger partial charge in [-0.1, -0.05) is 18.2 Å². The Bertz CT molecular complexity index is 923. The molecule has 0 spiro atoms. The summed E-state index contributed by atoms with van der Waals surface area (Å²) >= 11 is 0. The number of amides is 1. The van der Waals surface area contributed by atoms with Gasteiger partial charge in [0.2, 0.25) is 10.0 Å². The van der Waals surface area contributed by atoms with E-state index in [4.69, 9.17) is 0 Å². The summed E-state index contributed by atoms with van der Waals surface area (Å²) in [6.45, 7) is 1.40. The first-order valence-corrected chi connectivity index (χ1v) is 10.0. The number of carbonyl (C=O) groups is 1. The number of hydrogen-bond donors (Lipinski definition) is 3. The second-order valence-corrected chi connectivity index (χ2v) is 8.25. The molecule has 0 saturated heterocycles. The Morgan fingerprint density at radius 1 is 1.19 bits per heavy atom. The van der Waals surface area contributed by atoms with Crippen molar-refractivity contribution >= 4 is 21.6 Å². The van der Waals surface area contributed by atoms with Crippen LogP contribution in [0.1, 0.15) is 34.8 Å². The Labute approximate surface area is 153 Å². The molecule has 2 aromatic rings. The molecule has 3 N–H and O–H groups in total. The third-order valence-electron chi connectivity index (χ3n) is 4.37. The molecule has 0 aliphatic heterocycles. The van der Waals surface area contributed by atoms with E-state index in [9.17, 15) is 18.3 Å². The number of benzene rings is 2. The van der Waals surface area contributed by atoms with Crippen molar-refractivity contribution in [3.8, 4) is 0 Å². The zero-order valence-electron chi connectivity index (χ0n) is 14.5. The summed E-state index contributed by atoms with van der Waals surface area (Å²) in [6.07, 6.45) is 2.23. The van der Waals surface area contributed by atoms with Gasteiger partial charge in [0, 0.05) is 17.8 Å². The van der Waals surface area contributed by atoms with E-state index in [-0.39, 0.29) is 22.9 Å². The van der Waals surface area contributed by atoms with Crippen molar-refractivity contribution in [2.75, 3.05) is 11.9 Å². The molecule has 2 aromatic carbocycles. The van der Waals surface area contributed by atoms with Crippen molar-refractivity contribution in [3.05, 3.63) is 59.2 Å². The lowest BCUT2D eigenvalue weighted by Gasteiger charge is -2.12. The lowest BCUT2D eigenvalue weighted by molar-refractivity contribution is 0.102. The smallest absolute Gasteiger partial charge is 0.255 e. The maximum Gasteiger partial charge on any atom is 0.255 e. The first-order chi connectivity index (χ1) is 12.4. The average molecular weight is 374 g/mol. The molecule has 0 bridgehead atoms. The van der Waals surface area contributed by atoms with Gasteiger partial charge in [-0.05, 0) is 61.6 Å². The van der Waals surface area contributed by atoms with Gasteiger partial charge in [0.1, 0.15) is 0 Å². The minimum Gasteiger partial charge on any atom is -0.392 e. The number of aliphatic hydroxyl groups excluding tert-OH is 1. The van der Waals surface area contributed by atoms with Crippen LogP contribution in [0.2, 0.25) is 0 Å².